The quantitative estimate of drug-likeness (QED) is 0.834. The molecule has 0 bridgehead atoms. The van der Waals surface area contributed by atoms with Gasteiger partial charge < -0.3 is 4.90 Å². The van der Waals surface area contributed by atoms with E-state index in [1.165, 1.54) is 12.1 Å². The highest BCUT2D eigenvalue weighted by molar-refractivity contribution is 7.89. The number of amides is 1. The summed E-state index contributed by atoms with van der Waals surface area (Å²) in [5.74, 6) is -0.121. The van der Waals surface area contributed by atoms with E-state index in [0.717, 1.165) is 30.9 Å². The first-order valence-electron chi connectivity index (χ1n) is 8.70. The van der Waals surface area contributed by atoms with Crippen molar-refractivity contribution < 1.29 is 13.2 Å². The molecular formula is C18H24N4O3S. The van der Waals surface area contributed by atoms with Crippen LogP contribution < -0.4 is 4.72 Å². The molecule has 1 fully saturated rings. The minimum Gasteiger partial charge on any atom is -0.339 e. The molecule has 2 heterocycles. The Bertz CT molecular complexity index is 916. The lowest BCUT2D eigenvalue weighted by molar-refractivity contribution is 0.0651. The number of nitrogens with zero attached hydrogens (tertiary/aromatic N) is 3. The fourth-order valence-corrected chi connectivity index (χ4v) is 4.16. The Hall–Kier alpha value is -2.19. The van der Waals surface area contributed by atoms with Crippen molar-refractivity contribution in [3.63, 3.8) is 0 Å². The zero-order valence-corrected chi connectivity index (χ0v) is 16.1. The van der Waals surface area contributed by atoms with Gasteiger partial charge in [0.15, 0.2) is 0 Å². The predicted octanol–water partition coefficient (Wildman–Crippen LogP) is 1.89. The zero-order valence-electron chi connectivity index (χ0n) is 15.3. The number of sulfonamides is 1. The van der Waals surface area contributed by atoms with Crippen LogP contribution >= 0.6 is 0 Å². The molecule has 0 spiro atoms. The highest BCUT2D eigenvalue weighted by atomic mass is 32.2. The first kappa shape index (κ1) is 18.6. The van der Waals surface area contributed by atoms with Crippen LogP contribution in [-0.2, 0) is 10.0 Å². The number of rotatable bonds is 6. The van der Waals surface area contributed by atoms with Gasteiger partial charge in [0, 0.05) is 30.9 Å². The molecule has 1 aliphatic heterocycles. The molecule has 1 amide bonds. The topological polar surface area (TPSA) is 84.3 Å². The number of aryl methyl sites for hydroxylation is 2. The second-order valence-corrected chi connectivity index (χ2v) is 8.51. The zero-order chi connectivity index (χ0) is 18.9. The van der Waals surface area contributed by atoms with E-state index in [0.29, 0.717) is 5.56 Å². The SMILES string of the molecule is Cc1cc(C)n([C@@H](C)CNS(=O)(=O)c2cccc(C(=O)N3CCC3)c2)n1. The fraction of sp³-hybridized carbons (Fsp3) is 0.444. The van der Waals surface area contributed by atoms with Gasteiger partial charge in [0.1, 0.15) is 0 Å². The first-order valence-corrected chi connectivity index (χ1v) is 10.2. The maximum absolute atomic E-state index is 12.6. The van der Waals surface area contributed by atoms with E-state index in [4.69, 9.17) is 0 Å². The average molecular weight is 376 g/mol. The van der Waals surface area contributed by atoms with Gasteiger partial charge in [0.2, 0.25) is 10.0 Å². The van der Waals surface area contributed by atoms with E-state index in [1.54, 1.807) is 17.0 Å². The van der Waals surface area contributed by atoms with E-state index in [2.05, 4.69) is 9.82 Å². The van der Waals surface area contributed by atoms with E-state index in [1.807, 2.05) is 31.5 Å². The molecule has 3 rings (SSSR count). The molecule has 1 aromatic carbocycles. The fourth-order valence-electron chi connectivity index (χ4n) is 2.99. The standard InChI is InChI=1S/C18H24N4O3S/c1-13-10-14(2)22(20-13)15(3)12-19-26(24,25)17-7-4-6-16(11-17)18(23)21-8-5-9-21/h4,6-7,10-11,15,19H,5,8-9,12H2,1-3H3/t15-/m0/s1. The van der Waals surface area contributed by atoms with Crippen molar-refractivity contribution >= 4 is 15.9 Å². The molecule has 1 aliphatic rings. The lowest BCUT2D eigenvalue weighted by atomic mass is 10.1. The number of nitrogens with one attached hydrogen (secondary N) is 1. The number of benzene rings is 1. The summed E-state index contributed by atoms with van der Waals surface area (Å²) in [5.41, 5.74) is 2.28. The molecular weight excluding hydrogens is 352 g/mol. The van der Waals surface area contributed by atoms with Crippen molar-refractivity contribution in [3.05, 3.63) is 47.3 Å². The average Bonchev–Trinajstić information content (AvgIpc) is 2.90. The number of hydrogen-bond donors (Lipinski definition) is 1. The largest absolute Gasteiger partial charge is 0.339 e. The smallest absolute Gasteiger partial charge is 0.253 e. The lowest BCUT2D eigenvalue weighted by Gasteiger charge is -2.31. The van der Waals surface area contributed by atoms with Gasteiger partial charge in [-0.2, -0.15) is 5.10 Å². The molecule has 0 unspecified atom stereocenters. The number of hydrogen-bond acceptors (Lipinski definition) is 4. The van der Waals surface area contributed by atoms with Crippen LogP contribution in [0.5, 0.6) is 0 Å². The van der Waals surface area contributed by atoms with E-state index >= 15 is 0 Å². The molecule has 0 aliphatic carbocycles. The lowest BCUT2D eigenvalue weighted by Crippen LogP contribution is -2.42. The summed E-state index contributed by atoms with van der Waals surface area (Å²) in [6, 6.07) is 8.03. The summed E-state index contributed by atoms with van der Waals surface area (Å²) in [6.07, 6.45) is 0.996. The molecule has 0 radical (unpaired) electrons. The van der Waals surface area contributed by atoms with E-state index in [-0.39, 0.29) is 23.4 Å². The molecule has 1 aromatic heterocycles. The van der Waals surface area contributed by atoms with Crippen LogP contribution in [0.1, 0.15) is 41.1 Å². The van der Waals surface area contributed by atoms with Crippen LogP contribution in [0.25, 0.3) is 0 Å². The van der Waals surface area contributed by atoms with Crippen LogP contribution in [0.3, 0.4) is 0 Å². The van der Waals surface area contributed by atoms with Gasteiger partial charge in [0.05, 0.1) is 16.6 Å². The predicted molar refractivity (Wildman–Crippen MR) is 98.6 cm³/mol. The normalized spacial score (nSPS) is 15.6. The van der Waals surface area contributed by atoms with E-state index < -0.39 is 10.0 Å². The van der Waals surface area contributed by atoms with Crippen molar-refractivity contribution in [2.45, 2.75) is 38.1 Å². The maximum atomic E-state index is 12.6. The summed E-state index contributed by atoms with van der Waals surface area (Å²) in [4.78, 5) is 14.1. The van der Waals surface area contributed by atoms with Crippen molar-refractivity contribution in [3.8, 4) is 0 Å². The summed E-state index contributed by atoms with van der Waals surface area (Å²) >= 11 is 0. The van der Waals surface area contributed by atoms with Gasteiger partial charge in [-0.25, -0.2) is 13.1 Å². The summed E-state index contributed by atoms with van der Waals surface area (Å²) in [7, 11) is -3.70. The molecule has 8 heteroatoms. The van der Waals surface area contributed by atoms with Gasteiger partial charge in [-0.1, -0.05) is 6.07 Å². The third-order valence-electron chi connectivity index (χ3n) is 4.57. The molecule has 1 atom stereocenters. The Labute approximate surface area is 154 Å². The van der Waals surface area contributed by atoms with Gasteiger partial charge in [-0.15, -0.1) is 0 Å². The van der Waals surface area contributed by atoms with Crippen LogP contribution in [0.2, 0.25) is 0 Å². The van der Waals surface area contributed by atoms with Gasteiger partial charge in [-0.3, -0.25) is 9.48 Å². The molecule has 2 aromatic rings. The van der Waals surface area contributed by atoms with Crippen LogP contribution in [0.4, 0.5) is 0 Å². The Morgan fingerprint density at radius 1 is 1.27 bits per heavy atom. The Balaban J connectivity index is 1.71. The molecule has 1 N–H and O–H groups in total. The first-order chi connectivity index (χ1) is 12.3. The highest BCUT2D eigenvalue weighted by Gasteiger charge is 2.23. The van der Waals surface area contributed by atoms with Crippen LogP contribution in [0.15, 0.2) is 35.2 Å². The van der Waals surface area contributed by atoms with Gasteiger partial charge in [-0.05, 0) is 51.5 Å². The minimum atomic E-state index is -3.70. The second kappa shape index (κ2) is 7.20. The molecule has 0 saturated carbocycles. The number of aromatic nitrogens is 2. The monoisotopic (exact) mass is 376 g/mol. The van der Waals surface area contributed by atoms with Crippen molar-refractivity contribution in [1.29, 1.82) is 0 Å². The summed E-state index contributed by atoms with van der Waals surface area (Å²) in [5, 5.41) is 4.39. The molecule has 7 nitrogen and oxygen atoms in total. The Morgan fingerprint density at radius 2 is 2.00 bits per heavy atom. The highest BCUT2D eigenvalue weighted by Crippen LogP contribution is 2.17. The second-order valence-electron chi connectivity index (χ2n) is 6.75. The Morgan fingerprint density at radius 3 is 2.58 bits per heavy atom. The maximum Gasteiger partial charge on any atom is 0.253 e. The van der Waals surface area contributed by atoms with Crippen LogP contribution in [0, 0.1) is 13.8 Å². The Kier molecular flexibility index (Phi) is 5.15. The summed E-state index contributed by atoms with van der Waals surface area (Å²) < 4.78 is 29.7. The third kappa shape index (κ3) is 3.81. The molecule has 26 heavy (non-hydrogen) atoms. The third-order valence-corrected chi connectivity index (χ3v) is 5.99. The van der Waals surface area contributed by atoms with Gasteiger partial charge >= 0.3 is 0 Å². The van der Waals surface area contributed by atoms with Crippen LogP contribution in [-0.4, -0.2) is 48.6 Å². The molecule has 140 valence electrons. The number of carbonyl (C=O) groups excluding carboxylic acids is 1. The number of likely N-dealkylation sites (tertiary alicyclic amines) is 1. The van der Waals surface area contributed by atoms with Crippen molar-refractivity contribution in [1.82, 2.24) is 19.4 Å². The van der Waals surface area contributed by atoms with Crippen molar-refractivity contribution in [2.24, 2.45) is 0 Å². The molecule has 1 saturated heterocycles. The van der Waals surface area contributed by atoms with Crippen molar-refractivity contribution in [2.75, 3.05) is 19.6 Å². The minimum absolute atomic E-state index is 0.101. The van der Waals surface area contributed by atoms with E-state index in [9.17, 15) is 13.2 Å². The number of carbonyl (C=O) groups is 1. The summed E-state index contributed by atoms with van der Waals surface area (Å²) in [6.45, 7) is 7.43. The van der Waals surface area contributed by atoms with Gasteiger partial charge in [0.25, 0.3) is 5.91 Å².